The molecule has 1 aromatic rings. The fourth-order valence-electron chi connectivity index (χ4n) is 1.88. The van der Waals surface area contributed by atoms with Crippen LogP contribution in [0, 0.1) is 18.7 Å². The van der Waals surface area contributed by atoms with Crippen LogP contribution in [0.25, 0.3) is 0 Å². The van der Waals surface area contributed by atoms with Gasteiger partial charge >= 0.3 is 0 Å². The van der Waals surface area contributed by atoms with Crippen molar-refractivity contribution in [2.24, 2.45) is 5.92 Å². The van der Waals surface area contributed by atoms with Gasteiger partial charge in [-0.15, -0.1) is 0 Å². The summed E-state index contributed by atoms with van der Waals surface area (Å²) in [5.41, 5.74) is 1.60. The van der Waals surface area contributed by atoms with Crippen molar-refractivity contribution in [3.8, 4) is 0 Å². The zero-order chi connectivity index (χ0) is 10.8. The second-order valence-electron chi connectivity index (χ2n) is 4.69. The molecule has 1 saturated carbocycles. The van der Waals surface area contributed by atoms with Crippen molar-refractivity contribution in [3.05, 3.63) is 29.6 Å². The Labute approximate surface area is 90.7 Å². The Hall–Kier alpha value is -1.05. The van der Waals surface area contributed by atoms with E-state index in [2.05, 4.69) is 12.2 Å². The number of anilines is 1. The van der Waals surface area contributed by atoms with Crippen LogP contribution in [0.4, 0.5) is 10.1 Å². The van der Waals surface area contributed by atoms with Crippen molar-refractivity contribution in [1.82, 2.24) is 0 Å². The van der Waals surface area contributed by atoms with E-state index in [0.29, 0.717) is 11.6 Å². The van der Waals surface area contributed by atoms with E-state index in [9.17, 15) is 4.39 Å². The van der Waals surface area contributed by atoms with E-state index in [0.717, 1.165) is 11.6 Å². The molecule has 0 aromatic heterocycles. The molecule has 1 aliphatic carbocycles. The number of aryl methyl sites for hydroxylation is 1. The third-order valence-corrected chi connectivity index (χ3v) is 2.97. The fraction of sp³-hybridized carbons (Fsp3) is 0.538. The summed E-state index contributed by atoms with van der Waals surface area (Å²) in [6.45, 7) is 3.95. The van der Waals surface area contributed by atoms with Gasteiger partial charge in [-0.05, 0) is 43.9 Å². The minimum atomic E-state index is -0.126. The Morgan fingerprint density at radius 3 is 2.80 bits per heavy atom. The number of rotatable bonds is 4. The Morgan fingerprint density at radius 1 is 1.47 bits per heavy atom. The summed E-state index contributed by atoms with van der Waals surface area (Å²) in [7, 11) is 0. The number of nitrogens with one attached hydrogen (secondary N) is 1. The first kappa shape index (κ1) is 10.5. The maximum atomic E-state index is 13.3. The molecule has 1 nitrogen and oxygen atoms in total. The quantitative estimate of drug-likeness (QED) is 0.793. The molecule has 1 aliphatic rings. The van der Waals surface area contributed by atoms with Gasteiger partial charge in [-0.25, -0.2) is 4.39 Å². The van der Waals surface area contributed by atoms with Crippen molar-refractivity contribution in [2.45, 2.75) is 39.2 Å². The molecule has 82 valence electrons. The summed E-state index contributed by atoms with van der Waals surface area (Å²) in [5, 5.41) is 3.34. The second kappa shape index (κ2) is 4.21. The molecule has 1 fully saturated rings. The number of halogens is 1. The van der Waals surface area contributed by atoms with Gasteiger partial charge in [-0.3, -0.25) is 0 Å². The molecule has 0 amide bonds. The van der Waals surface area contributed by atoms with Gasteiger partial charge in [0.2, 0.25) is 0 Å². The van der Waals surface area contributed by atoms with Gasteiger partial charge in [0.05, 0.1) is 0 Å². The van der Waals surface area contributed by atoms with Gasteiger partial charge in [0.15, 0.2) is 0 Å². The number of hydrogen-bond donors (Lipinski definition) is 1. The van der Waals surface area contributed by atoms with E-state index >= 15 is 0 Å². The minimum Gasteiger partial charge on any atom is -0.382 e. The molecule has 0 spiro atoms. The predicted molar refractivity (Wildman–Crippen MR) is 61.6 cm³/mol. The van der Waals surface area contributed by atoms with Crippen LogP contribution in [-0.2, 0) is 0 Å². The zero-order valence-electron chi connectivity index (χ0n) is 9.39. The van der Waals surface area contributed by atoms with Gasteiger partial charge in [0.1, 0.15) is 5.82 Å². The van der Waals surface area contributed by atoms with Crippen LogP contribution < -0.4 is 5.32 Å². The molecule has 15 heavy (non-hydrogen) atoms. The highest BCUT2D eigenvalue weighted by Gasteiger charge is 2.23. The Morgan fingerprint density at radius 2 is 2.20 bits per heavy atom. The molecule has 0 bridgehead atoms. The lowest BCUT2D eigenvalue weighted by Crippen LogP contribution is -2.15. The second-order valence-corrected chi connectivity index (χ2v) is 4.69. The van der Waals surface area contributed by atoms with E-state index in [1.54, 1.807) is 13.0 Å². The van der Waals surface area contributed by atoms with Gasteiger partial charge in [0.25, 0.3) is 0 Å². The van der Waals surface area contributed by atoms with Crippen LogP contribution in [0.2, 0.25) is 0 Å². The molecule has 0 aliphatic heterocycles. The SMILES string of the molecule is Cc1ccc(NC(C)CC2CC2)cc1F. The summed E-state index contributed by atoms with van der Waals surface area (Å²) in [6, 6.07) is 5.79. The fourth-order valence-corrected chi connectivity index (χ4v) is 1.88. The Balaban J connectivity index is 1.93. The highest BCUT2D eigenvalue weighted by molar-refractivity contribution is 5.45. The van der Waals surface area contributed by atoms with Gasteiger partial charge < -0.3 is 5.32 Å². The third kappa shape index (κ3) is 2.95. The summed E-state index contributed by atoms with van der Waals surface area (Å²) in [6.07, 6.45) is 3.94. The highest BCUT2D eigenvalue weighted by atomic mass is 19.1. The lowest BCUT2D eigenvalue weighted by atomic mass is 10.1. The predicted octanol–water partition coefficient (Wildman–Crippen LogP) is 3.73. The standard InChI is InChI=1S/C13H18FN/c1-9-3-6-12(8-13(9)14)15-10(2)7-11-4-5-11/h3,6,8,10-11,15H,4-5,7H2,1-2H3. The van der Waals surface area contributed by atoms with Crippen molar-refractivity contribution in [1.29, 1.82) is 0 Å². The average molecular weight is 207 g/mol. The monoisotopic (exact) mass is 207 g/mol. The summed E-state index contributed by atoms with van der Waals surface area (Å²) >= 11 is 0. The van der Waals surface area contributed by atoms with Crippen molar-refractivity contribution in [2.75, 3.05) is 5.32 Å². The maximum Gasteiger partial charge on any atom is 0.128 e. The first-order chi connectivity index (χ1) is 7.15. The van der Waals surface area contributed by atoms with E-state index in [4.69, 9.17) is 0 Å². The third-order valence-electron chi connectivity index (χ3n) is 2.97. The molecule has 0 radical (unpaired) electrons. The first-order valence-corrected chi connectivity index (χ1v) is 5.68. The maximum absolute atomic E-state index is 13.3. The lowest BCUT2D eigenvalue weighted by Gasteiger charge is -2.15. The topological polar surface area (TPSA) is 12.0 Å². The molecule has 1 atom stereocenters. The van der Waals surface area contributed by atoms with E-state index in [-0.39, 0.29) is 5.82 Å². The number of hydrogen-bond acceptors (Lipinski definition) is 1. The Kier molecular flexibility index (Phi) is 2.94. The minimum absolute atomic E-state index is 0.126. The van der Waals surface area contributed by atoms with E-state index in [1.165, 1.54) is 19.3 Å². The summed E-state index contributed by atoms with van der Waals surface area (Å²) in [4.78, 5) is 0. The molecule has 0 heterocycles. The molecule has 0 saturated heterocycles. The largest absolute Gasteiger partial charge is 0.382 e. The molecular weight excluding hydrogens is 189 g/mol. The summed E-state index contributed by atoms with van der Waals surface area (Å²) in [5.74, 6) is 0.779. The van der Waals surface area contributed by atoms with Gasteiger partial charge in [-0.1, -0.05) is 18.9 Å². The highest BCUT2D eigenvalue weighted by Crippen LogP contribution is 2.34. The van der Waals surface area contributed by atoms with Crippen LogP contribution in [0.5, 0.6) is 0 Å². The van der Waals surface area contributed by atoms with Crippen LogP contribution in [0.15, 0.2) is 18.2 Å². The van der Waals surface area contributed by atoms with E-state index < -0.39 is 0 Å². The van der Waals surface area contributed by atoms with Crippen LogP contribution in [0.1, 0.15) is 31.7 Å². The van der Waals surface area contributed by atoms with Gasteiger partial charge in [-0.2, -0.15) is 0 Å². The first-order valence-electron chi connectivity index (χ1n) is 5.68. The van der Waals surface area contributed by atoms with Crippen LogP contribution in [0.3, 0.4) is 0 Å². The molecule has 2 heteroatoms. The van der Waals surface area contributed by atoms with Crippen molar-refractivity contribution >= 4 is 5.69 Å². The van der Waals surface area contributed by atoms with Crippen LogP contribution in [-0.4, -0.2) is 6.04 Å². The average Bonchev–Trinajstić information content (AvgIpc) is 2.95. The lowest BCUT2D eigenvalue weighted by molar-refractivity contribution is 0.615. The molecule has 2 rings (SSSR count). The van der Waals surface area contributed by atoms with E-state index in [1.807, 2.05) is 12.1 Å². The normalized spacial score (nSPS) is 17.5. The van der Waals surface area contributed by atoms with Crippen LogP contribution >= 0.6 is 0 Å². The zero-order valence-corrected chi connectivity index (χ0v) is 9.39. The molecule has 1 N–H and O–H groups in total. The van der Waals surface area contributed by atoms with Crippen molar-refractivity contribution < 1.29 is 4.39 Å². The van der Waals surface area contributed by atoms with Gasteiger partial charge in [0, 0.05) is 11.7 Å². The number of benzene rings is 1. The summed E-state index contributed by atoms with van der Waals surface area (Å²) < 4.78 is 13.3. The molecular formula is C13H18FN. The Bertz CT molecular complexity index is 344. The smallest absolute Gasteiger partial charge is 0.128 e. The molecule has 1 unspecified atom stereocenters. The van der Waals surface area contributed by atoms with Crippen molar-refractivity contribution in [3.63, 3.8) is 0 Å². The molecule has 1 aromatic carbocycles.